The molecule has 0 unspecified atom stereocenters. The number of fused-ring (bicyclic) bond motifs is 5. The van der Waals surface area contributed by atoms with E-state index in [4.69, 9.17) is 0 Å². The van der Waals surface area contributed by atoms with Crippen LogP contribution in [0.4, 0.5) is 0 Å². The van der Waals surface area contributed by atoms with Gasteiger partial charge in [-0.05, 0) is 96.7 Å². The summed E-state index contributed by atoms with van der Waals surface area (Å²) in [6.07, 6.45) is 16.8. The van der Waals surface area contributed by atoms with Crippen molar-refractivity contribution >= 4 is 0 Å². The highest BCUT2D eigenvalue weighted by molar-refractivity contribution is 5.28. The first kappa shape index (κ1) is 29.9. The molecule has 0 aromatic rings. The van der Waals surface area contributed by atoms with Gasteiger partial charge in [-0.15, -0.1) is 0 Å². The molecule has 0 heterocycles. The second-order valence-electron chi connectivity index (χ2n) is 13.5. The Balaban J connectivity index is 0.000000970. The third-order valence-corrected chi connectivity index (χ3v) is 11.8. The van der Waals surface area contributed by atoms with Crippen LogP contribution < -0.4 is 0 Å². The molecule has 4 rings (SSSR count). The summed E-state index contributed by atoms with van der Waals surface area (Å²) in [5, 5.41) is 10.3. The van der Waals surface area contributed by atoms with Gasteiger partial charge in [0.25, 0.3) is 0 Å². The summed E-state index contributed by atoms with van der Waals surface area (Å²) in [5.41, 5.74) is 3.38. The average Bonchev–Trinajstić information content (AvgIpc) is 3.09. The first-order valence-corrected chi connectivity index (χ1v) is 15.3. The molecule has 4 aliphatic rings. The van der Waals surface area contributed by atoms with Crippen molar-refractivity contribution in [1.29, 1.82) is 0 Å². The predicted molar refractivity (Wildman–Crippen MR) is 151 cm³/mol. The van der Waals surface area contributed by atoms with Crippen molar-refractivity contribution in [2.45, 2.75) is 153 Å². The molecule has 0 aromatic carbocycles. The molecule has 0 aromatic heterocycles. The van der Waals surface area contributed by atoms with Crippen LogP contribution in [0.3, 0.4) is 0 Å². The lowest BCUT2D eigenvalue weighted by molar-refractivity contribution is -0.136. The maximum atomic E-state index is 10.3. The number of rotatable bonds is 5. The van der Waals surface area contributed by atoms with E-state index in [2.05, 4.69) is 54.5 Å². The van der Waals surface area contributed by atoms with Crippen LogP contribution in [0, 0.1) is 45.3 Å². The molecule has 0 aliphatic heterocycles. The quantitative estimate of drug-likeness (QED) is 0.393. The first-order chi connectivity index (χ1) is 16.0. The fraction of sp³-hybridized carbons (Fsp3) is 0.939. The van der Waals surface area contributed by atoms with Crippen molar-refractivity contribution in [3.05, 3.63) is 11.6 Å². The average molecular weight is 475 g/mol. The molecule has 3 fully saturated rings. The second-order valence-corrected chi connectivity index (χ2v) is 13.5. The lowest BCUT2D eigenvalue weighted by Crippen LogP contribution is -2.57. The molecule has 200 valence electrons. The normalized spacial score (nSPS) is 43.8. The molecule has 8 atom stereocenters. The second kappa shape index (κ2) is 11.4. The van der Waals surface area contributed by atoms with E-state index in [0.717, 1.165) is 36.5 Å². The van der Waals surface area contributed by atoms with Crippen molar-refractivity contribution in [1.82, 2.24) is 0 Å². The van der Waals surface area contributed by atoms with E-state index < -0.39 is 0 Å². The van der Waals surface area contributed by atoms with Gasteiger partial charge < -0.3 is 5.11 Å². The van der Waals surface area contributed by atoms with Gasteiger partial charge in [-0.3, -0.25) is 0 Å². The van der Waals surface area contributed by atoms with Crippen LogP contribution in [-0.2, 0) is 0 Å². The molecule has 1 heteroatoms. The highest BCUT2D eigenvalue weighted by Gasteiger charge is 2.67. The Morgan fingerprint density at radius 3 is 2.09 bits per heavy atom. The molecule has 0 amide bonds. The lowest BCUT2D eigenvalue weighted by atomic mass is 9.40. The van der Waals surface area contributed by atoms with Gasteiger partial charge in [0.2, 0.25) is 0 Å². The molecule has 34 heavy (non-hydrogen) atoms. The zero-order chi connectivity index (χ0) is 25.9. The van der Waals surface area contributed by atoms with E-state index in [9.17, 15) is 5.11 Å². The Hall–Kier alpha value is -0.300. The molecule has 1 nitrogen and oxygen atoms in total. The Bertz CT molecular complexity index is 678. The molecular weight excluding hydrogens is 412 g/mol. The number of aliphatic hydroxyl groups excluding tert-OH is 1. The van der Waals surface area contributed by atoms with E-state index in [1.165, 1.54) is 57.8 Å². The van der Waals surface area contributed by atoms with E-state index in [1.54, 1.807) is 5.57 Å². The Morgan fingerprint density at radius 1 is 0.853 bits per heavy atom. The Labute approximate surface area is 215 Å². The summed E-state index contributed by atoms with van der Waals surface area (Å²) in [6, 6.07) is 0. The van der Waals surface area contributed by atoms with Gasteiger partial charge in [0.05, 0.1) is 6.10 Å². The zero-order valence-electron chi connectivity index (χ0n) is 25.2. The topological polar surface area (TPSA) is 20.2 Å². The lowest BCUT2D eigenvalue weighted by Gasteiger charge is -2.65. The van der Waals surface area contributed by atoms with Crippen molar-refractivity contribution in [3.63, 3.8) is 0 Å². The summed E-state index contributed by atoms with van der Waals surface area (Å²) < 4.78 is 0. The van der Waals surface area contributed by atoms with E-state index in [0.29, 0.717) is 21.7 Å². The third-order valence-electron chi connectivity index (χ3n) is 11.8. The van der Waals surface area contributed by atoms with Gasteiger partial charge in [-0.2, -0.15) is 0 Å². The minimum absolute atomic E-state index is 0.0935. The Kier molecular flexibility index (Phi) is 10.0. The molecule has 0 radical (unpaired) electrons. The number of hydrogen-bond donors (Lipinski definition) is 1. The standard InChI is InChI=1S/C29H50O.2C2H6/c1-20(2)9-8-10-21(3)28(6)17-14-25-27(5)15-11-22-19-23(30)12-16-26(22,4)24(27)13-18-29(25,28)7;2*1-2/h11,20-21,23-25,30H,8-10,12-19H2,1-7H3;2*1-2H3/t21-,23+,24-,25+,26+,27-,28-,29+;;/m1../s1. The third kappa shape index (κ3) is 4.82. The van der Waals surface area contributed by atoms with Gasteiger partial charge in [-0.25, -0.2) is 0 Å². The summed E-state index contributed by atoms with van der Waals surface area (Å²) in [5.74, 6) is 3.35. The SMILES string of the molecule is CC.CC.CC(C)CCC[C@@H](C)[C@@]1(C)CC[C@H]2[C@]3(C)CC=C4C[C@@H](O)CC[C@]4(C)[C@H]3CC[C@@]21C. The monoisotopic (exact) mass is 474 g/mol. The van der Waals surface area contributed by atoms with Crippen LogP contribution in [0.15, 0.2) is 11.6 Å². The highest BCUT2D eigenvalue weighted by atomic mass is 16.3. The number of allylic oxidation sites excluding steroid dienone is 1. The summed E-state index contributed by atoms with van der Waals surface area (Å²) in [7, 11) is 0. The van der Waals surface area contributed by atoms with Gasteiger partial charge in [0.1, 0.15) is 0 Å². The largest absolute Gasteiger partial charge is 0.393 e. The molecule has 0 bridgehead atoms. The maximum Gasteiger partial charge on any atom is 0.0577 e. The van der Waals surface area contributed by atoms with Crippen LogP contribution in [-0.4, -0.2) is 11.2 Å². The van der Waals surface area contributed by atoms with Crippen LogP contribution in [0.2, 0.25) is 0 Å². The number of aliphatic hydroxyl groups is 1. The Morgan fingerprint density at radius 2 is 1.47 bits per heavy atom. The zero-order valence-corrected chi connectivity index (χ0v) is 25.2. The van der Waals surface area contributed by atoms with Gasteiger partial charge >= 0.3 is 0 Å². The predicted octanol–water partition coefficient (Wildman–Crippen LogP) is 10.2. The van der Waals surface area contributed by atoms with Crippen molar-refractivity contribution < 1.29 is 5.11 Å². The summed E-state index contributed by atoms with van der Waals surface area (Å²) >= 11 is 0. The van der Waals surface area contributed by atoms with E-state index >= 15 is 0 Å². The fourth-order valence-electron chi connectivity index (χ4n) is 9.55. The van der Waals surface area contributed by atoms with Gasteiger partial charge in [0, 0.05) is 0 Å². The summed E-state index contributed by atoms with van der Waals surface area (Å²) in [4.78, 5) is 0. The number of hydrogen-bond acceptors (Lipinski definition) is 1. The molecule has 0 saturated heterocycles. The van der Waals surface area contributed by atoms with Crippen molar-refractivity contribution in [2.75, 3.05) is 0 Å². The molecular formula is C33H62O. The fourth-order valence-corrected chi connectivity index (χ4v) is 9.55. The first-order valence-electron chi connectivity index (χ1n) is 15.3. The van der Waals surface area contributed by atoms with E-state index in [-0.39, 0.29) is 6.10 Å². The van der Waals surface area contributed by atoms with Gasteiger partial charge in [-0.1, -0.05) is 107 Å². The van der Waals surface area contributed by atoms with Crippen LogP contribution >= 0.6 is 0 Å². The maximum absolute atomic E-state index is 10.3. The highest BCUT2D eigenvalue weighted by Crippen LogP contribution is 2.75. The molecule has 0 spiro atoms. The molecule has 4 aliphatic carbocycles. The van der Waals surface area contributed by atoms with E-state index in [1.807, 2.05) is 27.7 Å². The summed E-state index contributed by atoms with van der Waals surface area (Å²) in [6.45, 7) is 26.0. The molecule has 1 N–H and O–H groups in total. The van der Waals surface area contributed by atoms with Crippen LogP contribution in [0.25, 0.3) is 0 Å². The smallest absolute Gasteiger partial charge is 0.0577 e. The minimum atomic E-state index is -0.0935. The minimum Gasteiger partial charge on any atom is -0.393 e. The van der Waals surface area contributed by atoms with Gasteiger partial charge in [0.15, 0.2) is 0 Å². The van der Waals surface area contributed by atoms with Crippen LogP contribution in [0.5, 0.6) is 0 Å². The molecule has 3 saturated carbocycles. The van der Waals surface area contributed by atoms with Crippen molar-refractivity contribution in [2.24, 2.45) is 45.3 Å². The van der Waals surface area contributed by atoms with Crippen LogP contribution in [0.1, 0.15) is 147 Å². The van der Waals surface area contributed by atoms with Crippen molar-refractivity contribution in [3.8, 4) is 0 Å².